The lowest BCUT2D eigenvalue weighted by atomic mass is 9.52. The standard InChI is InChI=1S/C26H35N7O2.ClH/c27-19-13-26(14-19)15-21(16-26)29-20-3-1-18-12-22(4-2-17(18)11-20)33-8-5-23(31-25(33)35)30-24(34)32-9-6-28-7-10-32;/h2,4-5,8,12,19-21,28-29H,1,3,6-7,9-11,13-16,27H2,(H,30,31,34,35);1H. The molecule has 3 aliphatic carbocycles. The number of aryl methyl sites for hydroxylation is 1. The van der Waals surface area contributed by atoms with E-state index in [-0.39, 0.29) is 24.3 Å². The Morgan fingerprint density at radius 2 is 1.86 bits per heavy atom. The van der Waals surface area contributed by atoms with Gasteiger partial charge in [0, 0.05) is 50.5 Å². The molecule has 6 rings (SSSR count). The maximum Gasteiger partial charge on any atom is 0.354 e. The number of nitrogens with one attached hydrogen (secondary N) is 3. The minimum atomic E-state index is -0.395. The zero-order valence-electron chi connectivity index (χ0n) is 20.5. The number of urea groups is 1. The molecular weight excluding hydrogens is 478 g/mol. The van der Waals surface area contributed by atoms with E-state index in [0.29, 0.717) is 36.6 Å². The van der Waals surface area contributed by atoms with Gasteiger partial charge in [0.1, 0.15) is 5.82 Å². The van der Waals surface area contributed by atoms with Gasteiger partial charge in [0.05, 0.1) is 5.69 Å². The number of hydrogen-bond acceptors (Lipinski definition) is 6. The van der Waals surface area contributed by atoms with E-state index in [4.69, 9.17) is 5.73 Å². The molecule has 9 nitrogen and oxygen atoms in total. The van der Waals surface area contributed by atoms with Crippen molar-refractivity contribution in [3.8, 4) is 5.69 Å². The normalized spacial score (nSPS) is 28.9. The summed E-state index contributed by atoms with van der Waals surface area (Å²) in [5.74, 6) is 0.281. The van der Waals surface area contributed by atoms with Crippen LogP contribution in [0.3, 0.4) is 0 Å². The lowest BCUT2D eigenvalue weighted by molar-refractivity contribution is -0.0219. The molecule has 3 fully saturated rings. The Labute approximate surface area is 217 Å². The van der Waals surface area contributed by atoms with Crippen molar-refractivity contribution >= 4 is 24.3 Å². The third-order valence-electron chi connectivity index (χ3n) is 8.36. The first-order valence-corrected chi connectivity index (χ1v) is 13.0. The van der Waals surface area contributed by atoms with E-state index < -0.39 is 5.69 Å². The Hall–Kier alpha value is -2.46. The second-order valence-corrected chi connectivity index (χ2v) is 11.0. The van der Waals surface area contributed by atoms with Crippen LogP contribution in [0.1, 0.15) is 43.2 Å². The van der Waals surface area contributed by atoms with Gasteiger partial charge < -0.3 is 21.3 Å². The second-order valence-electron chi connectivity index (χ2n) is 11.0. The maximum atomic E-state index is 12.7. The highest BCUT2D eigenvalue weighted by Gasteiger charge is 2.51. The van der Waals surface area contributed by atoms with Crippen LogP contribution < -0.4 is 27.4 Å². The summed E-state index contributed by atoms with van der Waals surface area (Å²) in [7, 11) is 0. The molecule has 5 N–H and O–H groups in total. The van der Waals surface area contributed by atoms with Gasteiger partial charge in [-0.05, 0) is 79.7 Å². The summed E-state index contributed by atoms with van der Waals surface area (Å²) < 4.78 is 1.54. The molecule has 0 bridgehead atoms. The molecule has 4 aliphatic rings. The SMILES string of the molecule is Cl.NC1CC2(C1)CC(NC1CCc3cc(-n4ccc(NC(=O)N5CCNCC5)nc4=O)ccc3C1)C2. The quantitative estimate of drug-likeness (QED) is 0.495. The zero-order valence-corrected chi connectivity index (χ0v) is 21.4. The predicted molar refractivity (Wildman–Crippen MR) is 142 cm³/mol. The van der Waals surface area contributed by atoms with Crippen molar-refractivity contribution in [3.63, 3.8) is 0 Å². The average Bonchev–Trinajstić information content (AvgIpc) is 2.82. The minimum absolute atomic E-state index is 0. The number of halogens is 1. The van der Waals surface area contributed by atoms with Crippen LogP contribution in [0.5, 0.6) is 0 Å². The van der Waals surface area contributed by atoms with Crippen LogP contribution in [-0.4, -0.2) is 64.8 Å². The van der Waals surface area contributed by atoms with Crippen molar-refractivity contribution in [2.75, 3.05) is 31.5 Å². The van der Waals surface area contributed by atoms with Gasteiger partial charge in [-0.3, -0.25) is 9.88 Å². The van der Waals surface area contributed by atoms with Crippen molar-refractivity contribution in [1.82, 2.24) is 25.1 Å². The lowest BCUT2D eigenvalue weighted by Gasteiger charge is -2.57. The summed E-state index contributed by atoms with van der Waals surface area (Å²) in [5, 5.41) is 9.85. The molecule has 1 aromatic carbocycles. The van der Waals surface area contributed by atoms with Gasteiger partial charge in [-0.1, -0.05) is 6.07 Å². The first-order valence-electron chi connectivity index (χ1n) is 13.0. The summed E-state index contributed by atoms with van der Waals surface area (Å²) >= 11 is 0. The van der Waals surface area contributed by atoms with Crippen LogP contribution >= 0.6 is 12.4 Å². The highest BCUT2D eigenvalue weighted by Crippen LogP contribution is 2.55. The molecule has 0 radical (unpaired) electrons. The van der Waals surface area contributed by atoms with Gasteiger partial charge in [0.25, 0.3) is 0 Å². The van der Waals surface area contributed by atoms with Crippen LogP contribution in [0, 0.1) is 5.41 Å². The fraction of sp³-hybridized carbons (Fsp3) is 0.577. The van der Waals surface area contributed by atoms with E-state index in [1.54, 1.807) is 21.7 Å². The van der Waals surface area contributed by atoms with E-state index in [1.807, 2.05) is 6.07 Å². The summed E-state index contributed by atoms with van der Waals surface area (Å²) in [6.07, 6.45) is 9.82. The highest BCUT2D eigenvalue weighted by atomic mass is 35.5. The zero-order chi connectivity index (χ0) is 24.0. The van der Waals surface area contributed by atoms with Crippen molar-refractivity contribution in [2.24, 2.45) is 11.1 Å². The molecule has 2 aromatic rings. The van der Waals surface area contributed by atoms with E-state index in [0.717, 1.165) is 38.0 Å². The Morgan fingerprint density at radius 3 is 2.58 bits per heavy atom. The van der Waals surface area contributed by atoms with E-state index in [1.165, 1.54) is 36.8 Å². The van der Waals surface area contributed by atoms with Crippen LogP contribution in [0.2, 0.25) is 0 Å². The number of benzene rings is 1. The topological polar surface area (TPSA) is 117 Å². The highest BCUT2D eigenvalue weighted by molar-refractivity contribution is 5.88. The van der Waals surface area contributed by atoms with Gasteiger partial charge >= 0.3 is 11.7 Å². The Kier molecular flexibility index (Phi) is 7.09. The summed E-state index contributed by atoms with van der Waals surface area (Å²) in [5.41, 5.74) is 9.64. The molecule has 1 saturated heterocycles. The summed E-state index contributed by atoms with van der Waals surface area (Å²) in [4.78, 5) is 31.0. The van der Waals surface area contributed by atoms with Crippen LogP contribution in [0.4, 0.5) is 10.6 Å². The number of anilines is 1. The number of fused-ring (bicyclic) bond motifs is 1. The summed E-state index contributed by atoms with van der Waals surface area (Å²) in [6, 6.07) is 9.32. The Morgan fingerprint density at radius 1 is 1.08 bits per heavy atom. The van der Waals surface area contributed by atoms with Crippen molar-refractivity contribution in [3.05, 3.63) is 52.1 Å². The van der Waals surface area contributed by atoms with Crippen molar-refractivity contribution in [2.45, 2.75) is 63.1 Å². The molecule has 1 aromatic heterocycles. The number of hydrogen-bond donors (Lipinski definition) is 4. The molecule has 2 heterocycles. The molecule has 1 unspecified atom stereocenters. The largest absolute Gasteiger partial charge is 0.354 e. The molecule has 2 saturated carbocycles. The van der Waals surface area contributed by atoms with Gasteiger partial charge in [-0.2, -0.15) is 4.98 Å². The first-order chi connectivity index (χ1) is 17.0. The second kappa shape index (κ2) is 10.1. The number of aromatic nitrogens is 2. The van der Waals surface area contributed by atoms with Gasteiger partial charge in [-0.15, -0.1) is 12.4 Å². The fourth-order valence-corrected chi connectivity index (χ4v) is 6.58. The Bertz CT molecular complexity index is 1170. The smallest absolute Gasteiger partial charge is 0.328 e. The number of amides is 2. The van der Waals surface area contributed by atoms with Crippen LogP contribution in [0.25, 0.3) is 5.69 Å². The van der Waals surface area contributed by atoms with Crippen molar-refractivity contribution in [1.29, 1.82) is 0 Å². The first kappa shape index (κ1) is 25.2. The van der Waals surface area contributed by atoms with Crippen molar-refractivity contribution < 1.29 is 4.79 Å². The number of carbonyl (C=O) groups excluding carboxylic acids is 1. The van der Waals surface area contributed by atoms with Crippen LogP contribution in [-0.2, 0) is 12.8 Å². The molecular formula is C26H36ClN7O2. The van der Waals surface area contributed by atoms with Gasteiger partial charge in [0.15, 0.2) is 0 Å². The molecule has 194 valence electrons. The number of piperazine rings is 1. The molecule has 36 heavy (non-hydrogen) atoms. The maximum absolute atomic E-state index is 12.7. The third kappa shape index (κ3) is 5.02. The van der Waals surface area contributed by atoms with E-state index >= 15 is 0 Å². The molecule has 2 amide bonds. The number of nitrogens with two attached hydrogens (primary N) is 1. The Balaban J connectivity index is 0.00000267. The monoisotopic (exact) mass is 513 g/mol. The van der Waals surface area contributed by atoms with Gasteiger partial charge in [0.2, 0.25) is 0 Å². The fourth-order valence-electron chi connectivity index (χ4n) is 6.58. The summed E-state index contributed by atoms with van der Waals surface area (Å²) in [6.45, 7) is 2.83. The third-order valence-corrected chi connectivity index (χ3v) is 8.36. The molecule has 1 spiro atoms. The van der Waals surface area contributed by atoms with Gasteiger partial charge in [-0.25, -0.2) is 9.59 Å². The average molecular weight is 514 g/mol. The number of carbonyl (C=O) groups is 1. The van der Waals surface area contributed by atoms with E-state index in [2.05, 4.69) is 33.1 Å². The minimum Gasteiger partial charge on any atom is -0.328 e. The molecule has 1 atom stereocenters. The molecule has 1 aliphatic heterocycles. The van der Waals surface area contributed by atoms with E-state index in [9.17, 15) is 9.59 Å². The lowest BCUT2D eigenvalue weighted by Crippen LogP contribution is -2.60. The number of rotatable bonds is 4. The van der Waals surface area contributed by atoms with Crippen LogP contribution in [0.15, 0.2) is 35.3 Å². The predicted octanol–water partition coefficient (Wildman–Crippen LogP) is 1.81. The molecule has 10 heteroatoms. The number of nitrogens with zero attached hydrogens (tertiary/aromatic N) is 3.